The van der Waals surface area contributed by atoms with Crippen LogP contribution in [0.2, 0.25) is 0 Å². The average molecular weight is 139 g/mol. The molecule has 0 aliphatic heterocycles. The van der Waals surface area contributed by atoms with E-state index in [4.69, 9.17) is 0 Å². The SMILES string of the molecule is C=CC[CH]c1coc(=O)o1. The van der Waals surface area contributed by atoms with Crippen molar-refractivity contribution in [1.29, 1.82) is 0 Å². The smallest absolute Gasteiger partial charge is 0.399 e. The van der Waals surface area contributed by atoms with Gasteiger partial charge in [0.2, 0.25) is 0 Å². The van der Waals surface area contributed by atoms with Crippen molar-refractivity contribution in [3.05, 3.63) is 41.7 Å². The summed E-state index contributed by atoms with van der Waals surface area (Å²) in [5.41, 5.74) is 0. The van der Waals surface area contributed by atoms with Crippen molar-refractivity contribution in [2.75, 3.05) is 0 Å². The normalized spacial score (nSPS) is 9.60. The maximum atomic E-state index is 10.3. The number of hydrogen-bond acceptors (Lipinski definition) is 3. The Morgan fingerprint density at radius 2 is 2.50 bits per heavy atom. The molecule has 0 aliphatic carbocycles. The molecule has 1 rings (SSSR count). The van der Waals surface area contributed by atoms with Gasteiger partial charge in [0.1, 0.15) is 6.26 Å². The van der Waals surface area contributed by atoms with E-state index in [1.807, 2.05) is 0 Å². The van der Waals surface area contributed by atoms with Crippen LogP contribution >= 0.6 is 0 Å². The van der Waals surface area contributed by atoms with Crippen LogP contribution < -0.4 is 5.82 Å². The Labute approximate surface area is 58.0 Å². The van der Waals surface area contributed by atoms with Gasteiger partial charge < -0.3 is 8.83 Å². The number of allylic oxidation sites excluding steroid dienone is 1. The molecule has 0 amide bonds. The summed E-state index contributed by atoms with van der Waals surface area (Å²) in [6.07, 6.45) is 5.35. The van der Waals surface area contributed by atoms with Crippen molar-refractivity contribution in [1.82, 2.24) is 0 Å². The Balaban J connectivity index is 2.58. The molecule has 53 valence electrons. The summed E-state index contributed by atoms with van der Waals surface area (Å²) in [5, 5.41) is 0. The van der Waals surface area contributed by atoms with Gasteiger partial charge in [-0.25, -0.2) is 4.79 Å². The van der Waals surface area contributed by atoms with Gasteiger partial charge in [0.05, 0.1) is 0 Å². The van der Waals surface area contributed by atoms with Crippen LogP contribution in [0.4, 0.5) is 0 Å². The molecule has 0 aromatic carbocycles. The second-order valence-electron chi connectivity index (χ2n) is 1.72. The molecule has 0 atom stereocenters. The van der Waals surface area contributed by atoms with E-state index in [0.29, 0.717) is 12.2 Å². The summed E-state index contributed by atoms with van der Waals surface area (Å²) in [5.74, 6) is -0.222. The Bertz CT molecular complexity index is 256. The third-order valence-corrected chi connectivity index (χ3v) is 0.958. The van der Waals surface area contributed by atoms with E-state index in [1.54, 1.807) is 12.5 Å². The first-order valence-corrected chi connectivity index (χ1v) is 2.85. The minimum atomic E-state index is -0.671. The zero-order chi connectivity index (χ0) is 7.40. The van der Waals surface area contributed by atoms with Crippen LogP contribution in [-0.4, -0.2) is 0 Å². The van der Waals surface area contributed by atoms with Crippen molar-refractivity contribution >= 4 is 0 Å². The molecular formula is C7H7O3. The lowest BCUT2D eigenvalue weighted by Crippen LogP contribution is -1.86. The highest BCUT2D eigenvalue weighted by Gasteiger charge is 1.98. The Morgan fingerprint density at radius 3 is 3.00 bits per heavy atom. The quantitative estimate of drug-likeness (QED) is 0.594. The zero-order valence-corrected chi connectivity index (χ0v) is 5.37. The van der Waals surface area contributed by atoms with Crippen molar-refractivity contribution in [2.45, 2.75) is 6.42 Å². The summed E-state index contributed by atoms with van der Waals surface area (Å²) in [6.45, 7) is 3.50. The van der Waals surface area contributed by atoms with Gasteiger partial charge in [-0.3, -0.25) is 0 Å². The largest absolute Gasteiger partial charge is 0.518 e. The molecule has 0 aliphatic rings. The second kappa shape index (κ2) is 3.06. The summed E-state index contributed by atoms with van der Waals surface area (Å²) >= 11 is 0. The lowest BCUT2D eigenvalue weighted by molar-refractivity contribution is 0.380. The molecule has 0 saturated heterocycles. The maximum absolute atomic E-state index is 10.3. The molecule has 0 N–H and O–H groups in total. The van der Waals surface area contributed by atoms with E-state index in [1.165, 1.54) is 6.26 Å². The minimum absolute atomic E-state index is 0.449. The molecule has 0 bridgehead atoms. The summed E-state index contributed by atoms with van der Waals surface area (Å²) in [7, 11) is 0. The molecule has 10 heavy (non-hydrogen) atoms. The first-order chi connectivity index (χ1) is 4.83. The Morgan fingerprint density at radius 1 is 1.70 bits per heavy atom. The first kappa shape index (κ1) is 6.86. The molecule has 1 aromatic rings. The van der Waals surface area contributed by atoms with Crippen LogP contribution in [0.5, 0.6) is 0 Å². The van der Waals surface area contributed by atoms with E-state index in [2.05, 4.69) is 15.4 Å². The minimum Gasteiger partial charge on any atom is -0.399 e. The predicted molar refractivity (Wildman–Crippen MR) is 35.5 cm³/mol. The Kier molecular flexibility index (Phi) is 2.10. The van der Waals surface area contributed by atoms with E-state index < -0.39 is 5.82 Å². The summed E-state index contributed by atoms with van der Waals surface area (Å²) < 4.78 is 8.93. The van der Waals surface area contributed by atoms with Crippen LogP contribution in [0.15, 0.2) is 32.5 Å². The number of rotatable bonds is 3. The Hall–Kier alpha value is -1.25. The van der Waals surface area contributed by atoms with E-state index in [0.717, 1.165) is 0 Å². The molecule has 1 aromatic heterocycles. The fraction of sp³-hybridized carbons (Fsp3) is 0.143. The molecule has 0 spiro atoms. The van der Waals surface area contributed by atoms with Gasteiger partial charge >= 0.3 is 5.82 Å². The van der Waals surface area contributed by atoms with Gasteiger partial charge in [0, 0.05) is 6.42 Å². The topological polar surface area (TPSA) is 43.4 Å². The van der Waals surface area contributed by atoms with Gasteiger partial charge in [-0.15, -0.1) is 6.58 Å². The molecular weight excluding hydrogens is 132 g/mol. The van der Waals surface area contributed by atoms with Crippen LogP contribution in [0, 0.1) is 6.42 Å². The fourth-order valence-electron chi connectivity index (χ4n) is 0.540. The van der Waals surface area contributed by atoms with Gasteiger partial charge in [0.15, 0.2) is 5.76 Å². The fourth-order valence-corrected chi connectivity index (χ4v) is 0.540. The van der Waals surface area contributed by atoms with Gasteiger partial charge in [-0.2, -0.15) is 0 Å². The molecule has 0 unspecified atom stereocenters. The second-order valence-corrected chi connectivity index (χ2v) is 1.72. The van der Waals surface area contributed by atoms with Crippen LogP contribution in [0.25, 0.3) is 0 Å². The predicted octanol–water partition coefficient (Wildman–Crippen LogP) is 1.36. The van der Waals surface area contributed by atoms with E-state index >= 15 is 0 Å². The lowest BCUT2D eigenvalue weighted by atomic mass is 10.3. The highest BCUT2D eigenvalue weighted by molar-refractivity contribution is 5.03. The molecule has 0 saturated carbocycles. The van der Waals surface area contributed by atoms with Crippen molar-refractivity contribution < 1.29 is 8.83 Å². The summed E-state index contributed by atoms with van der Waals surface area (Å²) in [6, 6.07) is 0. The third-order valence-electron chi connectivity index (χ3n) is 0.958. The van der Waals surface area contributed by atoms with Crippen molar-refractivity contribution in [3.63, 3.8) is 0 Å². The average Bonchev–Trinajstić information content (AvgIpc) is 2.31. The highest BCUT2D eigenvalue weighted by atomic mass is 16.6. The van der Waals surface area contributed by atoms with Gasteiger partial charge in [-0.1, -0.05) is 6.08 Å². The van der Waals surface area contributed by atoms with Crippen LogP contribution in [0.1, 0.15) is 12.2 Å². The molecule has 1 radical (unpaired) electrons. The zero-order valence-electron chi connectivity index (χ0n) is 5.37. The number of hydrogen-bond donors (Lipinski definition) is 0. The lowest BCUT2D eigenvalue weighted by Gasteiger charge is -1.83. The van der Waals surface area contributed by atoms with Crippen molar-refractivity contribution in [2.24, 2.45) is 0 Å². The maximum Gasteiger partial charge on any atom is 0.518 e. The van der Waals surface area contributed by atoms with Crippen LogP contribution in [0.3, 0.4) is 0 Å². The molecule has 3 nitrogen and oxygen atoms in total. The van der Waals surface area contributed by atoms with Crippen LogP contribution in [-0.2, 0) is 0 Å². The standard InChI is InChI=1S/C7H7O3/c1-2-3-4-6-5-9-7(8)10-6/h2,4-5H,1,3H2. The van der Waals surface area contributed by atoms with Crippen molar-refractivity contribution in [3.8, 4) is 0 Å². The monoisotopic (exact) mass is 139 g/mol. The third kappa shape index (κ3) is 1.62. The first-order valence-electron chi connectivity index (χ1n) is 2.85. The molecule has 1 heterocycles. The van der Waals surface area contributed by atoms with Gasteiger partial charge in [-0.05, 0) is 6.42 Å². The van der Waals surface area contributed by atoms with Gasteiger partial charge in [0.25, 0.3) is 0 Å². The van der Waals surface area contributed by atoms with E-state index in [-0.39, 0.29) is 0 Å². The summed E-state index contributed by atoms with van der Waals surface area (Å²) in [4.78, 5) is 10.3. The van der Waals surface area contributed by atoms with E-state index in [9.17, 15) is 4.79 Å². The molecule has 3 heteroatoms. The highest BCUT2D eigenvalue weighted by Crippen LogP contribution is 2.02. The molecule has 0 fully saturated rings.